The molecule has 0 aliphatic rings. The number of halogens is 1. The van der Waals surface area contributed by atoms with Crippen molar-refractivity contribution in [3.8, 4) is 0 Å². The smallest absolute Gasteiger partial charge is 0.128 e. The van der Waals surface area contributed by atoms with Gasteiger partial charge in [-0.2, -0.15) is 0 Å². The summed E-state index contributed by atoms with van der Waals surface area (Å²) in [6.07, 6.45) is -0.509. The molecule has 0 rings (SSSR count). The summed E-state index contributed by atoms with van der Waals surface area (Å²) >= 11 is 0. The molecule has 0 amide bonds. The summed E-state index contributed by atoms with van der Waals surface area (Å²) in [5.74, 6) is 0. The van der Waals surface area contributed by atoms with E-state index >= 15 is 0 Å². The van der Waals surface area contributed by atoms with E-state index in [1.807, 2.05) is 0 Å². The minimum absolute atomic E-state index is 0. The normalized spacial score (nSPS) is 12.4. The third-order valence-corrected chi connectivity index (χ3v) is 0.483. The molecule has 0 aliphatic heterocycles. The first-order valence-corrected chi connectivity index (χ1v) is 1.70. The molecule has 4 heteroatoms. The number of methoxy groups -OCH3 is 1. The molecule has 0 saturated carbocycles. The van der Waals surface area contributed by atoms with Crippen molar-refractivity contribution in [2.45, 2.75) is 6.23 Å². The molecule has 0 fully saturated rings. The van der Waals surface area contributed by atoms with Crippen molar-refractivity contribution in [1.82, 2.24) is 0 Å². The third kappa shape index (κ3) is 6.17. The Morgan fingerprint density at radius 1 is 1.86 bits per heavy atom. The highest BCUT2D eigenvalue weighted by Gasteiger charge is 1.90. The van der Waals surface area contributed by atoms with Gasteiger partial charge >= 0.3 is 0 Å². The van der Waals surface area contributed by atoms with Crippen molar-refractivity contribution >= 4 is 12.4 Å². The fourth-order valence-corrected chi connectivity index (χ4v) is 0.0745. The van der Waals surface area contributed by atoms with Gasteiger partial charge in [0.2, 0.25) is 0 Å². The number of hydrogen-bond donors (Lipinski definition) is 2. The van der Waals surface area contributed by atoms with Crippen LogP contribution in [-0.4, -0.2) is 25.1 Å². The molecule has 0 bridgehead atoms. The van der Waals surface area contributed by atoms with E-state index in [1.54, 1.807) is 0 Å². The number of hydrogen-bond acceptors (Lipinski definition) is 3. The second-order valence-electron chi connectivity index (χ2n) is 0.957. The lowest BCUT2D eigenvalue weighted by molar-refractivity contribution is 0.0538. The van der Waals surface area contributed by atoms with Crippen LogP contribution in [0.3, 0.4) is 0 Å². The van der Waals surface area contributed by atoms with E-state index in [-0.39, 0.29) is 19.0 Å². The van der Waals surface area contributed by atoms with Crippen LogP contribution < -0.4 is 5.73 Å². The highest BCUT2D eigenvalue weighted by Crippen LogP contribution is 1.70. The number of aliphatic hydroxyl groups excluding tert-OH is 1. The van der Waals surface area contributed by atoms with Gasteiger partial charge in [-0.05, 0) is 0 Å². The molecule has 0 saturated heterocycles. The van der Waals surface area contributed by atoms with E-state index in [4.69, 9.17) is 10.8 Å². The van der Waals surface area contributed by atoms with Gasteiger partial charge < -0.3 is 15.6 Å². The summed E-state index contributed by atoms with van der Waals surface area (Å²) < 4.78 is 4.43. The molecule has 0 aliphatic carbocycles. The van der Waals surface area contributed by atoms with Crippen LogP contribution in [0.1, 0.15) is 0 Å². The van der Waals surface area contributed by atoms with E-state index in [2.05, 4.69) is 4.74 Å². The fourth-order valence-electron chi connectivity index (χ4n) is 0.0745. The fraction of sp³-hybridized carbons (Fsp3) is 1.00. The highest BCUT2D eigenvalue weighted by molar-refractivity contribution is 5.85. The molecule has 0 spiro atoms. The van der Waals surface area contributed by atoms with Crippen LogP contribution in [0.2, 0.25) is 0 Å². The quantitative estimate of drug-likeness (QED) is 0.484. The molecule has 3 nitrogen and oxygen atoms in total. The van der Waals surface area contributed by atoms with E-state index in [0.29, 0.717) is 0 Å². The Morgan fingerprint density at radius 2 is 2.29 bits per heavy atom. The van der Waals surface area contributed by atoms with Crippen molar-refractivity contribution in [3.05, 3.63) is 0 Å². The maximum Gasteiger partial charge on any atom is 0.128 e. The topological polar surface area (TPSA) is 55.5 Å². The van der Waals surface area contributed by atoms with E-state index in [1.165, 1.54) is 7.11 Å². The summed E-state index contributed by atoms with van der Waals surface area (Å²) in [6.45, 7) is -0.115. The van der Waals surface area contributed by atoms with Crippen LogP contribution in [0.4, 0.5) is 0 Å². The van der Waals surface area contributed by atoms with E-state index in [0.717, 1.165) is 0 Å². The average Bonchev–Trinajstić information content (AvgIpc) is 1.65. The first-order chi connectivity index (χ1) is 2.81. The van der Waals surface area contributed by atoms with Crippen LogP contribution >= 0.6 is 12.4 Å². The molecule has 0 aromatic carbocycles. The van der Waals surface area contributed by atoms with Crippen molar-refractivity contribution in [2.75, 3.05) is 13.7 Å². The molecule has 7 heavy (non-hydrogen) atoms. The third-order valence-electron chi connectivity index (χ3n) is 0.483. The standard InChI is InChI=1S/C3H9NO2.ClH/c1-6-3(4)2-5;/h3,5H,2,4H2,1H3;1H. The zero-order chi connectivity index (χ0) is 4.99. The summed E-state index contributed by atoms with van der Waals surface area (Å²) in [6, 6.07) is 0. The van der Waals surface area contributed by atoms with Crippen molar-refractivity contribution < 1.29 is 9.84 Å². The Balaban J connectivity index is 0. The predicted molar refractivity (Wildman–Crippen MR) is 29.3 cm³/mol. The van der Waals surface area contributed by atoms with Gasteiger partial charge in [0.15, 0.2) is 0 Å². The monoisotopic (exact) mass is 127 g/mol. The van der Waals surface area contributed by atoms with Gasteiger partial charge in [0, 0.05) is 7.11 Å². The summed E-state index contributed by atoms with van der Waals surface area (Å²) in [5, 5.41) is 8.08. The zero-order valence-corrected chi connectivity index (χ0v) is 4.94. The Labute approximate surface area is 48.9 Å². The van der Waals surface area contributed by atoms with Gasteiger partial charge in [-0.3, -0.25) is 0 Å². The van der Waals surface area contributed by atoms with Crippen LogP contribution in [-0.2, 0) is 4.74 Å². The van der Waals surface area contributed by atoms with Gasteiger partial charge in [-0.1, -0.05) is 0 Å². The second kappa shape index (κ2) is 6.17. The highest BCUT2D eigenvalue weighted by atomic mass is 35.5. The Hall–Kier alpha value is 0.170. The minimum Gasteiger partial charge on any atom is -0.392 e. The Kier molecular flexibility index (Phi) is 9.00. The summed E-state index contributed by atoms with van der Waals surface area (Å²) in [5.41, 5.74) is 5.00. The van der Waals surface area contributed by atoms with Crippen molar-refractivity contribution in [2.24, 2.45) is 5.73 Å². The maximum absolute atomic E-state index is 8.08. The summed E-state index contributed by atoms with van der Waals surface area (Å²) in [7, 11) is 1.45. The molecule has 0 aromatic rings. The van der Waals surface area contributed by atoms with Gasteiger partial charge in [-0.25, -0.2) is 0 Å². The first-order valence-electron chi connectivity index (χ1n) is 1.70. The van der Waals surface area contributed by atoms with Crippen LogP contribution in [0.5, 0.6) is 0 Å². The van der Waals surface area contributed by atoms with Crippen LogP contribution in [0.15, 0.2) is 0 Å². The number of ether oxygens (including phenoxy) is 1. The molecular weight excluding hydrogens is 117 g/mol. The van der Waals surface area contributed by atoms with Gasteiger partial charge in [-0.15, -0.1) is 12.4 Å². The van der Waals surface area contributed by atoms with E-state index < -0.39 is 6.23 Å². The number of aliphatic hydroxyl groups is 1. The molecule has 1 atom stereocenters. The summed E-state index contributed by atoms with van der Waals surface area (Å²) in [4.78, 5) is 0. The average molecular weight is 128 g/mol. The van der Waals surface area contributed by atoms with Crippen molar-refractivity contribution in [3.63, 3.8) is 0 Å². The van der Waals surface area contributed by atoms with Gasteiger partial charge in [0.1, 0.15) is 6.23 Å². The second-order valence-corrected chi connectivity index (χ2v) is 0.957. The molecule has 46 valence electrons. The molecule has 1 unspecified atom stereocenters. The Bertz CT molecular complexity index is 32.1. The van der Waals surface area contributed by atoms with E-state index in [9.17, 15) is 0 Å². The number of rotatable bonds is 2. The molecule has 0 aromatic heterocycles. The SMILES string of the molecule is COC(N)CO.Cl. The van der Waals surface area contributed by atoms with Crippen molar-refractivity contribution in [1.29, 1.82) is 0 Å². The lowest BCUT2D eigenvalue weighted by Crippen LogP contribution is -2.25. The zero-order valence-electron chi connectivity index (χ0n) is 4.13. The van der Waals surface area contributed by atoms with Crippen LogP contribution in [0.25, 0.3) is 0 Å². The minimum atomic E-state index is -0.509. The lowest BCUT2D eigenvalue weighted by Gasteiger charge is -2.01. The Morgan fingerprint density at radius 3 is 2.29 bits per heavy atom. The largest absolute Gasteiger partial charge is 0.392 e. The van der Waals surface area contributed by atoms with Gasteiger partial charge in [0.05, 0.1) is 6.61 Å². The maximum atomic E-state index is 8.08. The molecule has 0 heterocycles. The molecule has 3 N–H and O–H groups in total. The first kappa shape index (κ1) is 10.2. The predicted octanol–water partition coefficient (Wildman–Crippen LogP) is -0.668. The molecule has 0 radical (unpaired) electrons. The van der Waals surface area contributed by atoms with Gasteiger partial charge in [0.25, 0.3) is 0 Å². The lowest BCUT2D eigenvalue weighted by atomic mass is 10.6. The number of nitrogens with two attached hydrogens (primary N) is 1. The molecular formula is C3H10ClNO2. The van der Waals surface area contributed by atoms with Crippen LogP contribution in [0, 0.1) is 0 Å².